The van der Waals surface area contributed by atoms with Gasteiger partial charge >= 0.3 is 0 Å². The molecule has 0 aliphatic carbocycles. The Kier molecular flexibility index (Phi) is 1.24. The Labute approximate surface area is 67.1 Å². The molecule has 1 nitrogen and oxygen atoms in total. The van der Waals surface area contributed by atoms with Crippen LogP contribution in [0.5, 0.6) is 0 Å². The quantitative estimate of drug-likeness (QED) is 0.633. The van der Waals surface area contributed by atoms with Gasteiger partial charge in [-0.1, -0.05) is 30.3 Å². The standard InChI is InChI=1S/C10H9N/c1-2-4-9(5-3-1)10-6-7-11-8-10/h1-8,11H/i8D. The summed E-state index contributed by atoms with van der Waals surface area (Å²) in [5.74, 6) is 0. The van der Waals surface area contributed by atoms with Gasteiger partial charge in [0.2, 0.25) is 0 Å². The first-order valence-corrected chi connectivity index (χ1v) is 3.57. The summed E-state index contributed by atoms with van der Waals surface area (Å²) in [6.07, 6.45) is 2.26. The van der Waals surface area contributed by atoms with Gasteiger partial charge in [0, 0.05) is 12.4 Å². The zero-order valence-corrected chi connectivity index (χ0v) is 6.04. The van der Waals surface area contributed by atoms with Crippen LogP contribution < -0.4 is 0 Å². The van der Waals surface area contributed by atoms with E-state index in [-0.39, 0.29) is 0 Å². The average molecular weight is 144 g/mol. The molecule has 54 valence electrons. The molecule has 1 N–H and O–H groups in total. The molecule has 0 radical (unpaired) electrons. The van der Waals surface area contributed by atoms with Crippen LogP contribution >= 0.6 is 0 Å². The van der Waals surface area contributed by atoms with Crippen LogP contribution in [-0.2, 0) is 0 Å². The van der Waals surface area contributed by atoms with Crippen molar-refractivity contribution in [2.24, 2.45) is 0 Å². The number of hydrogen-bond acceptors (Lipinski definition) is 0. The molecule has 0 amide bonds. The van der Waals surface area contributed by atoms with Gasteiger partial charge in [-0.05, 0) is 17.2 Å². The third-order valence-electron chi connectivity index (χ3n) is 1.62. The lowest BCUT2D eigenvalue weighted by Crippen LogP contribution is -1.69. The van der Waals surface area contributed by atoms with Crippen molar-refractivity contribution in [3.8, 4) is 11.1 Å². The Morgan fingerprint density at radius 3 is 2.45 bits per heavy atom. The lowest BCUT2D eigenvalue weighted by molar-refractivity contribution is 1.41. The molecule has 0 aliphatic heterocycles. The van der Waals surface area contributed by atoms with Gasteiger partial charge in [-0.25, -0.2) is 0 Å². The number of H-pyrrole nitrogens is 1. The van der Waals surface area contributed by atoms with Crippen molar-refractivity contribution in [3.63, 3.8) is 0 Å². The van der Waals surface area contributed by atoms with Crippen molar-refractivity contribution in [1.82, 2.24) is 4.98 Å². The predicted molar refractivity (Wildman–Crippen MR) is 46.2 cm³/mol. The molecule has 0 fully saturated rings. The largest absolute Gasteiger partial charge is 0.367 e. The summed E-state index contributed by atoms with van der Waals surface area (Å²) in [4.78, 5) is 2.83. The van der Waals surface area contributed by atoms with Gasteiger partial charge in [-0.3, -0.25) is 0 Å². The van der Waals surface area contributed by atoms with Crippen LogP contribution in [0.3, 0.4) is 0 Å². The smallest absolute Gasteiger partial charge is 0.0822 e. The van der Waals surface area contributed by atoms with E-state index in [4.69, 9.17) is 1.37 Å². The lowest BCUT2D eigenvalue weighted by Gasteiger charge is -1.93. The molecular weight excluding hydrogens is 134 g/mol. The van der Waals surface area contributed by atoms with Crippen LogP contribution in [0.4, 0.5) is 0 Å². The Hall–Kier alpha value is -1.50. The summed E-state index contributed by atoms with van der Waals surface area (Å²) < 4.78 is 7.53. The van der Waals surface area contributed by atoms with Crippen LogP contribution in [0.2, 0.25) is 0 Å². The second kappa shape index (κ2) is 2.62. The van der Waals surface area contributed by atoms with Crippen molar-refractivity contribution >= 4 is 0 Å². The first kappa shape index (κ1) is 5.19. The van der Waals surface area contributed by atoms with E-state index in [2.05, 4.69) is 4.98 Å². The van der Waals surface area contributed by atoms with Crippen LogP contribution in [0.15, 0.2) is 48.8 Å². The highest BCUT2D eigenvalue weighted by Crippen LogP contribution is 2.16. The van der Waals surface area contributed by atoms with Crippen molar-refractivity contribution in [3.05, 3.63) is 48.8 Å². The van der Waals surface area contributed by atoms with E-state index in [0.29, 0.717) is 6.17 Å². The van der Waals surface area contributed by atoms with Gasteiger partial charge in [-0.15, -0.1) is 0 Å². The molecule has 1 heterocycles. The third-order valence-corrected chi connectivity index (χ3v) is 1.62. The first-order chi connectivity index (χ1) is 5.88. The summed E-state index contributed by atoms with van der Waals surface area (Å²) >= 11 is 0. The fraction of sp³-hybridized carbons (Fsp3) is 0. The molecular formula is C10H9N. The maximum Gasteiger partial charge on any atom is 0.0822 e. The Morgan fingerprint density at radius 1 is 1.00 bits per heavy atom. The molecule has 0 aliphatic rings. The van der Waals surface area contributed by atoms with E-state index in [9.17, 15) is 0 Å². The highest BCUT2D eigenvalue weighted by molar-refractivity contribution is 5.61. The summed E-state index contributed by atoms with van der Waals surface area (Å²) in [5.41, 5.74) is 2.04. The predicted octanol–water partition coefficient (Wildman–Crippen LogP) is 2.68. The maximum absolute atomic E-state index is 7.53. The average Bonchev–Trinajstić information content (AvgIpc) is 2.53. The summed E-state index contributed by atoms with van der Waals surface area (Å²) in [6, 6.07) is 11.8. The SMILES string of the molecule is [2H]c1[nH]ccc1-c1ccccc1. The van der Waals surface area contributed by atoms with E-state index in [0.717, 1.165) is 11.1 Å². The maximum atomic E-state index is 7.53. The molecule has 0 saturated carbocycles. The van der Waals surface area contributed by atoms with Gasteiger partial charge in [0.15, 0.2) is 0 Å². The van der Waals surface area contributed by atoms with Crippen LogP contribution in [0.1, 0.15) is 1.37 Å². The van der Waals surface area contributed by atoms with E-state index >= 15 is 0 Å². The van der Waals surface area contributed by atoms with Gasteiger partial charge in [0.1, 0.15) is 0 Å². The number of hydrogen-bond donors (Lipinski definition) is 1. The molecule has 2 rings (SSSR count). The minimum absolute atomic E-state index is 0.473. The molecule has 0 atom stereocenters. The van der Waals surface area contributed by atoms with Crippen LogP contribution in [0, 0.1) is 0 Å². The Morgan fingerprint density at radius 2 is 1.82 bits per heavy atom. The molecule has 1 aromatic heterocycles. The number of aromatic nitrogens is 1. The van der Waals surface area contributed by atoms with Crippen molar-refractivity contribution in [2.45, 2.75) is 0 Å². The van der Waals surface area contributed by atoms with Crippen LogP contribution in [-0.4, -0.2) is 4.98 Å². The monoisotopic (exact) mass is 144 g/mol. The molecule has 11 heavy (non-hydrogen) atoms. The van der Waals surface area contributed by atoms with Gasteiger partial charge in [-0.2, -0.15) is 0 Å². The molecule has 0 spiro atoms. The van der Waals surface area contributed by atoms with Crippen molar-refractivity contribution in [1.29, 1.82) is 0 Å². The van der Waals surface area contributed by atoms with Gasteiger partial charge in [0.25, 0.3) is 0 Å². The molecule has 1 heteroatoms. The molecule has 2 aromatic rings. The highest BCUT2D eigenvalue weighted by Gasteiger charge is 1.93. The fourth-order valence-corrected chi connectivity index (χ4v) is 1.07. The molecule has 1 aromatic carbocycles. The van der Waals surface area contributed by atoms with Crippen molar-refractivity contribution < 1.29 is 1.37 Å². The lowest BCUT2D eigenvalue weighted by atomic mass is 10.1. The topological polar surface area (TPSA) is 15.8 Å². The number of benzene rings is 1. The minimum atomic E-state index is 0.473. The minimum Gasteiger partial charge on any atom is -0.367 e. The van der Waals surface area contributed by atoms with Gasteiger partial charge < -0.3 is 4.98 Å². The van der Waals surface area contributed by atoms with Gasteiger partial charge in [0.05, 0.1) is 1.37 Å². The fourth-order valence-electron chi connectivity index (χ4n) is 1.07. The Balaban J connectivity index is 2.51. The third kappa shape index (κ3) is 1.17. The normalized spacial score (nSPS) is 11.1. The second-order valence-corrected chi connectivity index (χ2v) is 2.38. The van der Waals surface area contributed by atoms with Crippen molar-refractivity contribution in [2.75, 3.05) is 0 Å². The van der Waals surface area contributed by atoms with E-state index < -0.39 is 0 Å². The van der Waals surface area contributed by atoms with E-state index in [1.54, 1.807) is 6.20 Å². The summed E-state index contributed by atoms with van der Waals surface area (Å²) in [7, 11) is 0. The van der Waals surface area contributed by atoms with Crippen LogP contribution in [0.25, 0.3) is 11.1 Å². The highest BCUT2D eigenvalue weighted by atomic mass is 14.6. The first-order valence-electron chi connectivity index (χ1n) is 4.07. The van der Waals surface area contributed by atoms with E-state index in [1.807, 2.05) is 36.4 Å². The molecule has 0 bridgehead atoms. The molecule has 0 unspecified atom stereocenters. The van der Waals surface area contributed by atoms with E-state index in [1.165, 1.54) is 0 Å². The second-order valence-electron chi connectivity index (χ2n) is 2.38. The number of rotatable bonds is 1. The number of aromatic amines is 1. The summed E-state index contributed by atoms with van der Waals surface area (Å²) in [5, 5.41) is 0. The molecule has 0 saturated heterocycles. The summed E-state index contributed by atoms with van der Waals surface area (Å²) in [6.45, 7) is 0. The Bertz CT molecular complexity index is 364. The number of nitrogens with one attached hydrogen (secondary N) is 1. The zero-order valence-electron chi connectivity index (χ0n) is 7.04. The zero-order chi connectivity index (χ0) is 8.39.